The highest BCUT2D eigenvalue weighted by Crippen LogP contribution is 2.34. The predicted molar refractivity (Wildman–Crippen MR) is 42.4 cm³/mol. The Morgan fingerprint density at radius 1 is 1.27 bits per heavy atom. The summed E-state index contributed by atoms with van der Waals surface area (Å²) in [6, 6.07) is 0. The molecular formula is C7H10F3NO4. The number of aliphatic carboxylic acids is 2. The lowest BCUT2D eigenvalue weighted by molar-refractivity contribution is -0.192. The second-order valence-corrected chi connectivity index (χ2v) is 2.94. The predicted octanol–water partition coefficient (Wildman–Crippen LogP) is 0.456. The van der Waals surface area contributed by atoms with Gasteiger partial charge in [-0.25, -0.2) is 4.79 Å². The van der Waals surface area contributed by atoms with Gasteiger partial charge in [-0.3, -0.25) is 4.79 Å². The van der Waals surface area contributed by atoms with Crippen molar-refractivity contribution in [1.29, 1.82) is 0 Å². The molecule has 5 nitrogen and oxygen atoms in total. The first-order valence-corrected chi connectivity index (χ1v) is 3.88. The molecule has 0 aliphatic heterocycles. The van der Waals surface area contributed by atoms with E-state index in [0.29, 0.717) is 0 Å². The molecule has 88 valence electrons. The summed E-state index contributed by atoms with van der Waals surface area (Å²) >= 11 is 0. The molecule has 0 aromatic heterocycles. The summed E-state index contributed by atoms with van der Waals surface area (Å²) in [6.45, 7) is 0. The molecule has 0 heterocycles. The highest BCUT2D eigenvalue weighted by molar-refractivity contribution is 5.82. The lowest BCUT2D eigenvalue weighted by Crippen LogP contribution is -2.35. The Bertz CT molecular complexity index is 259. The van der Waals surface area contributed by atoms with Crippen molar-refractivity contribution in [2.75, 3.05) is 7.05 Å². The number of rotatable bonds is 2. The smallest absolute Gasteiger partial charge is 0.480 e. The summed E-state index contributed by atoms with van der Waals surface area (Å²) in [5.74, 6) is -3.48. The molecule has 0 radical (unpaired) electrons. The number of alkyl halides is 3. The van der Waals surface area contributed by atoms with Crippen molar-refractivity contribution in [3.63, 3.8) is 0 Å². The number of likely N-dealkylation sites (N-methyl/N-ethyl adjacent to an activating group) is 1. The van der Waals surface area contributed by atoms with Gasteiger partial charge in [-0.15, -0.1) is 0 Å². The number of carboxylic acids is 2. The van der Waals surface area contributed by atoms with Crippen LogP contribution in [-0.4, -0.2) is 40.9 Å². The SMILES string of the molecule is CNC1(C(=O)O)CC1.O=C(O)C(F)(F)F. The largest absolute Gasteiger partial charge is 0.490 e. The zero-order chi connectivity index (χ0) is 12.3. The molecule has 8 heteroatoms. The summed E-state index contributed by atoms with van der Waals surface area (Å²) in [5, 5.41) is 18.3. The van der Waals surface area contributed by atoms with Gasteiger partial charge in [-0.1, -0.05) is 0 Å². The van der Waals surface area contributed by atoms with Gasteiger partial charge in [0.25, 0.3) is 0 Å². The van der Waals surface area contributed by atoms with E-state index in [2.05, 4.69) is 5.32 Å². The van der Waals surface area contributed by atoms with Gasteiger partial charge < -0.3 is 15.5 Å². The van der Waals surface area contributed by atoms with Crippen LogP contribution in [0.15, 0.2) is 0 Å². The van der Waals surface area contributed by atoms with Gasteiger partial charge in [0.15, 0.2) is 0 Å². The second kappa shape index (κ2) is 4.47. The molecule has 1 fully saturated rings. The lowest BCUT2D eigenvalue weighted by atomic mass is 10.3. The molecule has 15 heavy (non-hydrogen) atoms. The van der Waals surface area contributed by atoms with E-state index < -0.39 is 23.7 Å². The van der Waals surface area contributed by atoms with Crippen molar-refractivity contribution in [1.82, 2.24) is 5.32 Å². The molecule has 0 saturated heterocycles. The number of halogens is 3. The van der Waals surface area contributed by atoms with Crippen LogP contribution in [0.2, 0.25) is 0 Å². The Hall–Kier alpha value is -1.31. The van der Waals surface area contributed by atoms with Crippen molar-refractivity contribution in [3.05, 3.63) is 0 Å². The third-order valence-electron chi connectivity index (χ3n) is 1.88. The zero-order valence-electron chi connectivity index (χ0n) is 7.76. The van der Waals surface area contributed by atoms with Crippen LogP contribution in [0.4, 0.5) is 13.2 Å². The number of carbonyl (C=O) groups is 2. The monoisotopic (exact) mass is 229 g/mol. The molecule has 3 N–H and O–H groups in total. The minimum absolute atomic E-state index is 0.542. The van der Waals surface area contributed by atoms with Crippen molar-refractivity contribution in [2.45, 2.75) is 24.6 Å². The highest BCUT2D eigenvalue weighted by atomic mass is 19.4. The van der Waals surface area contributed by atoms with Crippen LogP contribution in [0, 0.1) is 0 Å². The Labute approximate surface area is 82.9 Å². The van der Waals surface area contributed by atoms with E-state index in [-0.39, 0.29) is 0 Å². The van der Waals surface area contributed by atoms with Crippen molar-refractivity contribution >= 4 is 11.9 Å². The van der Waals surface area contributed by atoms with E-state index in [1.807, 2.05) is 0 Å². The van der Waals surface area contributed by atoms with Gasteiger partial charge in [-0.2, -0.15) is 13.2 Å². The van der Waals surface area contributed by atoms with E-state index in [9.17, 15) is 18.0 Å². The molecule has 0 aromatic carbocycles. The molecule has 1 aliphatic carbocycles. The summed E-state index contributed by atoms with van der Waals surface area (Å²) < 4.78 is 31.7. The maximum atomic E-state index is 10.6. The first kappa shape index (κ1) is 13.7. The minimum Gasteiger partial charge on any atom is -0.480 e. The molecule has 1 aliphatic rings. The molecule has 0 spiro atoms. The van der Waals surface area contributed by atoms with E-state index in [4.69, 9.17) is 15.0 Å². The highest BCUT2D eigenvalue weighted by Gasteiger charge is 2.48. The third-order valence-corrected chi connectivity index (χ3v) is 1.88. The Kier molecular flexibility index (Phi) is 4.08. The number of hydrogen-bond acceptors (Lipinski definition) is 3. The summed E-state index contributed by atoms with van der Waals surface area (Å²) in [7, 11) is 1.68. The fourth-order valence-electron chi connectivity index (χ4n) is 0.696. The standard InChI is InChI=1S/C5H9NO2.C2HF3O2/c1-6-5(2-3-5)4(7)8;3-2(4,5)1(6)7/h6H,2-3H2,1H3,(H,7,8);(H,6,7). The van der Waals surface area contributed by atoms with Crippen LogP contribution in [0.25, 0.3) is 0 Å². The first-order chi connectivity index (χ1) is 6.65. The second-order valence-electron chi connectivity index (χ2n) is 2.94. The average Bonchev–Trinajstić information content (AvgIpc) is 2.83. The van der Waals surface area contributed by atoms with Gasteiger partial charge in [0.1, 0.15) is 5.54 Å². The molecule has 0 unspecified atom stereocenters. The molecule has 0 bridgehead atoms. The van der Waals surface area contributed by atoms with Crippen LogP contribution < -0.4 is 5.32 Å². The third kappa shape index (κ3) is 4.15. The molecular weight excluding hydrogens is 219 g/mol. The molecule has 1 rings (SSSR count). The molecule has 0 amide bonds. The fraction of sp³-hybridized carbons (Fsp3) is 0.714. The summed E-state index contributed by atoms with van der Waals surface area (Å²) in [5.41, 5.74) is -0.542. The van der Waals surface area contributed by atoms with E-state index in [1.54, 1.807) is 7.05 Å². The fourth-order valence-corrected chi connectivity index (χ4v) is 0.696. The van der Waals surface area contributed by atoms with Crippen molar-refractivity contribution in [2.24, 2.45) is 0 Å². The normalized spacial score (nSPS) is 17.3. The molecule has 0 aromatic rings. The van der Waals surface area contributed by atoms with E-state index in [1.165, 1.54) is 0 Å². The van der Waals surface area contributed by atoms with Gasteiger partial charge in [0.05, 0.1) is 0 Å². The van der Waals surface area contributed by atoms with Crippen LogP contribution in [0.5, 0.6) is 0 Å². The zero-order valence-corrected chi connectivity index (χ0v) is 7.76. The quantitative estimate of drug-likeness (QED) is 0.640. The van der Waals surface area contributed by atoms with Gasteiger partial charge in [-0.05, 0) is 19.9 Å². The molecule has 0 atom stereocenters. The van der Waals surface area contributed by atoms with Crippen LogP contribution >= 0.6 is 0 Å². The number of nitrogens with one attached hydrogen (secondary N) is 1. The van der Waals surface area contributed by atoms with Crippen LogP contribution in [0.3, 0.4) is 0 Å². The summed E-state index contributed by atoms with van der Waals surface area (Å²) in [6.07, 6.45) is -3.53. The Balaban J connectivity index is 0.000000265. The lowest BCUT2D eigenvalue weighted by Gasteiger charge is -2.04. The topological polar surface area (TPSA) is 86.6 Å². The number of hydrogen-bond donors (Lipinski definition) is 3. The van der Waals surface area contributed by atoms with Crippen LogP contribution in [0.1, 0.15) is 12.8 Å². The van der Waals surface area contributed by atoms with Gasteiger partial charge >= 0.3 is 18.1 Å². The minimum atomic E-state index is -5.08. The average molecular weight is 229 g/mol. The van der Waals surface area contributed by atoms with Crippen molar-refractivity contribution in [3.8, 4) is 0 Å². The first-order valence-electron chi connectivity index (χ1n) is 3.88. The maximum absolute atomic E-state index is 10.6. The Morgan fingerprint density at radius 3 is 1.60 bits per heavy atom. The molecule has 1 saturated carbocycles. The van der Waals surface area contributed by atoms with Crippen LogP contribution in [-0.2, 0) is 9.59 Å². The van der Waals surface area contributed by atoms with Gasteiger partial charge in [0, 0.05) is 0 Å². The number of carboxylic acid groups (broad SMARTS) is 2. The van der Waals surface area contributed by atoms with E-state index in [0.717, 1.165) is 12.8 Å². The van der Waals surface area contributed by atoms with E-state index >= 15 is 0 Å². The van der Waals surface area contributed by atoms with Crippen molar-refractivity contribution < 1.29 is 33.0 Å². The van der Waals surface area contributed by atoms with Gasteiger partial charge in [0.2, 0.25) is 0 Å². The Morgan fingerprint density at radius 2 is 1.60 bits per heavy atom. The summed E-state index contributed by atoms with van der Waals surface area (Å²) in [4.78, 5) is 19.1. The maximum Gasteiger partial charge on any atom is 0.490 e.